The van der Waals surface area contributed by atoms with E-state index in [-0.39, 0.29) is 17.7 Å². The molecule has 5 heteroatoms. The number of hydrogen-bond acceptors (Lipinski definition) is 3. The summed E-state index contributed by atoms with van der Waals surface area (Å²) >= 11 is 0. The molecule has 0 unspecified atom stereocenters. The summed E-state index contributed by atoms with van der Waals surface area (Å²) < 4.78 is 0. The van der Waals surface area contributed by atoms with Gasteiger partial charge in [0.2, 0.25) is 11.8 Å². The fraction of sp³-hybridized carbons (Fsp3) is 0.500. The van der Waals surface area contributed by atoms with Crippen molar-refractivity contribution in [3.8, 4) is 0 Å². The first-order valence-corrected chi connectivity index (χ1v) is 7.65. The third-order valence-electron chi connectivity index (χ3n) is 3.72. The van der Waals surface area contributed by atoms with Gasteiger partial charge in [-0.15, -0.1) is 0 Å². The van der Waals surface area contributed by atoms with Gasteiger partial charge in [-0.3, -0.25) is 9.59 Å². The summed E-state index contributed by atoms with van der Waals surface area (Å²) in [5, 5.41) is 9.06. The lowest BCUT2D eigenvalue weighted by Crippen LogP contribution is -2.23. The first-order valence-electron chi connectivity index (χ1n) is 7.65. The van der Waals surface area contributed by atoms with Gasteiger partial charge >= 0.3 is 0 Å². The van der Waals surface area contributed by atoms with Gasteiger partial charge in [0, 0.05) is 36.3 Å². The number of rotatable bonds is 7. The van der Waals surface area contributed by atoms with Crippen LogP contribution in [0.15, 0.2) is 24.3 Å². The molecule has 2 aliphatic rings. The Labute approximate surface area is 124 Å². The van der Waals surface area contributed by atoms with Crippen LogP contribution in [0.25, 0.3) is 0 Å². The quantitative estimate of drug-likeness (QED) is 0.719. The van der Waals surface area contributed by atoms with Crippen LogP contribution in [0.1, 0.15) is 32.1 Å². The van der Waals surface area contributed by atoms with Crippen molar-refractivity contribution in [2.75, 3.05) is 17.2 Å². The fourth-order valence-electron chi connectivity index (χ4n) is 2.17. The molecule has 112 valence electrons. The normalized spacial score (nSPS) is 17.3. The molecule has 0 heterocycles. The van der Waals surface area contributed by atoms with Crippen molar-refractivity contribution in [2.24, 2.45) is 5.92 Å². The van der Waals surface area contributed by atoms with Crippen molar-refractivity contribution in [3.05, 3.63) is 24.3 Å². The summed E-state index contributed by atoms with van der Waals surface area (Å²) in [5.74, 6) is 0.248. The molecule has 0 atom stereocenters. The van der Waals surface area contributed by atoms with Crippen LogP contribution in [-0.4, -0.2) is 24.4 Å². The number of carbonyl (C=O) groups excluding carboxylic acids is 2. The number of nitrogens with one attached hydrogen (secondary N) is 3. The highest BCUT2D eigenvalue weighted by Crippen LogP contribution is 2.30. The van der Waals surface area contributed by atoms with E-state index in [9.17, 15) is 9.59 Å². The minimum absolute atomic E-state index is 0.00572. The molecule has 2 amide bonds. The van der Waals surface area contributed by atoms with Gasteiger partial charge < -0.3 is 16.0 Å². The number of carbonyl (C=O) groups is 2. The summed E-state index contributed by atoms with van der Waals surface area (Å²) in [6.07, 6.45) is 4.89. The van der Waals surface area contributed by atoms with Gasteiger partial charge in [-0.2, -0.15) is 0 Å². The number of anilines is 2. The van der Waals surface area contributed by atoms with Crippen molar-refractivity contribution in [1.29, 1.82) is 0 Å². The van der Waals surface area contributed by atoms with Gasteiger partial charge in [-0.25, -0.2) is 0 Å². The molecule has 3 rings (SSSR count). The second kappa shape index (κ2) is 6.26. The summed E-state index contributed by atoms with van der Waals surface area (Å²) in [7, 11) is 0. The summed E-state index contributed by atoms with van der Waals surface area (Å²) in [4.78, 5) is 23.5. The van der Waals surface area contributed by atoms with Gasteiger partial charge in [-0.1, -0.05) is 6.07 Å². The predicted octanol–water partition coefficient (Wildman–Crippen LogP) is 2.12. The lowest BCUT2D eigenvalue weighted by molar-refractivity contribution is -0.117. The van der Waals surface area contributed by atoms with Crippen LogP contribution in [0, 0.1) is 5.92 Å². The van der Waals surface area contributed by atoms with E-state index < -0.39 is 0 Å². The molecular weight excluding hydrogens is 266 g/mol. The highest BCUT2D eigenvalue weighted by Gasteiger charge is 2.29. The number of hydrogen-bond donors (Lipinski definition) is 3. The van der Waals surface area contributed by atoms with E-state index in [0.29, 0.717) is 19.0 Å². The Hall–Kier alpha value is -1.88. The van der Waals surface area contributed by atoms with Crippen LogP contribution in [-0.2, 0) is 9.59 Å². The van der Waals surface area contributed by atoms with Gasteiger partial charge in [0.05, 0.1) is 0 Å². The lowest BCUT2D eigenvalue weighted by Gasteiger charge is -2.09. The van der Waals surface area contributed by atoms with Gasteiger partial charge in [0.1, 0.15) is 0 Å². The van der Waals surface area contributed by atoms with Crippen molar-refractivity contribution in [1.82, 2.24) is 5.32 Å². The number of amides is 2. The Morgan fingerprint density at radius 3 is 2.43 bits per heavy atom. The maximum absolute atomic E-state index is 11.8. The first-order chi connectivity index (χ1) is 10.2. The SMILES string of the molecule is O=C(CCNC1CC1)Nc1cccc(NC(=O)C2CC2)c1. The molecule has 1 aromatic rings. The van der Waals surface area contributed by atoms with E-state index in [4.69, 9.17) is 0 Å². The molecule has 0 aromatic heterocycles. The Balaban J connectivity index is 1.47. The largest absolute Gasteiger partial charge is 0.326 e. The van der Waals surface area contributed by atoms with E-state index in [0.717, 1.165) is 24.2 Å². The maximum Gasteiger partial charge on any atom is 0.227 e. The fourth-order valence-corrected chi connectivity index (χ4v) is 2.17. The Morgan fingerprint density at radius 2 is 1.76 bits per heavy atom. The highest BCUT2D eigenvalue weighted by molar-refractivity contribution is 5.95. The van der Waals surface area contributed by atoms with Crippen molar-refractivity contribution in [3.63, 3.8) is 0 Å². The van der Waals surface area contributed by atoms with E-state index >= 15 is 0 Å². The standard InChI is InChI=1S/C16H21N3O2/c20-15(8-9-17-12-6-7-12)18-13-2-1-3-14(10-13)19-16(21)11-4-5-11/h1-3,10-12,17H,4-9H2,(H,18,20)(H,19,21). The van der Waals surface area contributed by atoms with Crippen LogP contribution in [0.2, 0.25) is 0 Å². The van der Waals surface area contributed by atoms with Crippen LogP contribution >= 0.6 is 0 Å². The molecule has 0 radical (unpaired) electrons. The minimum Gasteiger partial charge on any atom is -0.326 e. The Kier molecular flexibility index (Phi) is 4.20. The average Bonchev–Trinajstić information content (AvgIpc) is 3.32. The molecular formula is C16H21N3O2. The zero-order valence-electron chi connectivity index (χ0n) is 12.0. The van der Waals surface area contributed by atoms with Crippen LogP contribution in [0.3, 0.4) is 0 Å². The third-order valence-corrected chi connectivity index (χ3v) is 3.72. The van der Waals surface area contributed by atoms with Gasteiger partial charge in [0.25, 0.3) is 0 Å². The third kappa shape index (κ3) is 4.56. The van der Waals surface area contributed by atoms with Crippen LogP contribution in [0.4, 0.5) is 11.4 Å². The van der Waals surface area contributed by atoms with Crippen LogP contribution < -0.4 is 16.0 Å². The van der Waals surface area contributed by atoms with Gasteiger partial charge in [-0.05, 0) is 43.9 Å². The molecule has 5 nitrogen and oxygen atoms in total. The zero-order chi connectivity index (χ0) is 14.7. The topological polar surface area (TPSA) is 70.2 Å². The molecule has 2 aliphatic carbocycles. The van der Waals surface area contributed by atoms with Gasteiger partial charge in [0.15, 0.2) is 0 Å². The molecule has 3 N–H and O–H groups in total. The van der Waals surface area contributed by atoms with E-state index in [1.54, 1.807) is 6.07 Å². The molecule has 2 saturated carbocycles. The zero-order valence-corrected chi connectivity index (χ0v) is 12.0. The monoisotopic (exact) mass is 287 g/mol. The maximum atomic E-state index is 11.8. The Morgan fingerprint density at radius 1 is 1.05 bits per heavy atom. The van der Waals surface area contributed by atoms with E-state index in [1.807, 2.05) is 18.2 Å². The summed E-state index contributed by atoms with van der Waals surface area (Å²) in [5.41, 5.74) is 1.46. The second-order valence-corrected chi connectivity index (χ2v) is 5.87. The minimum atomic E-state index is -0.00572. The second-order valence-electron chi connectivity index (χ2n) is 5.87. The van der Waals surface area contributed by atoms with Crippen molar-refractivity contribution < 1.29 is 9.59 Å². The van der Waals surface area contributed by atoms with Crippen molar-refractivity contribution >= 4 is 23.2 Å². The lowest BCUT2D eigenvalue weighted by atomic mass is 10.2. The molecule has 1 aromatic carbocycles. The molecule has 0 aliphatic heterocycles. The van der Waals surface area contributed by atoms with Crippen LogP contribution in [0.5, 0.6) is 0 Å². The molecule has 21 heavy (non-hydrogen) atoms. The predicted molar refractivity (Wildman–Crippen MR) is 82.1 cm³/mol. The molecule has 2 fully saturated rings. The van der Waals surface area contributed by atoms with E-state index in [2.05, 4.69) is 16.0 Å². The average molecular weight is 287 g/mol. The number of benzene rings is 1. The first kappa shape index (κ1) is 14.1. The highest BCUT2D eigenvalue weighted by atomic mass is 16.2. The summed E-state index contributed by atoms with van der Waals surface area (Å²) in [6.45, 7) is 0.717. The molecule has 0 spiro atoms. The van der Waals surface area contributed by atoms with Crippen molar-refractivity contribution in [2.45, 2.75) is 38.1 Å². The summed E-state index contributed by atoms with van der Waals surface area (Å²) in [6, 6.07) is 7.93. The molecule has 0 saturated heterocycles. The smallest absolute Gasteiger partial charge is 0.227 e. The molecule has 0 bridgehead atoms. The Bertz CT molecular complexity index is 536. The van der Waals surface area contributed by atoms with E-state index in [1.165, 1.54) is 12.8 Å².